The van der Waals surface area contributed by atoms with E-state index in [0.29, 0.717) is 23.8 Å². The Labute approximate surface area is 168 Å². The zero-order valence-electron chi connectivity index (χ0n) is 16.8. The monoisotopic (exact) mass is 393 g/mol. The third-order valence-electron chi connectivity index (χ3n) is 4.32. The van der Waals surface area contributed by atoms with Crippen LogP contribution in [-0.2, 0) is 6.61 Å². The van der Waals surface area contributed by atoms with Gasteiger partial charge in [0.15, 0.2) is 11.5 Å². The van der Waals surface area contributed by atoms with Crippen molar-refractivity contribution in [1.29, 1.82) is 0 Å². The first-order valence-electron chi connectivity index (χ1n) is 9.06. The van der Waals surface area contributed by atoms with Gasteiger partial charge in [0.2, 0.25) is 5.95 Å². The Bertz CT molecular complexity index is 1090. The van der Waals surface area contributed by atoms with Crippen molar-refractivity contribution in [2.24, 2.45) is 5.10 Å². The van der Waals surface area contributed by atoms with Gasteiger partial charge in [-0.3, -0.25) is 9.78 Å². The number of hydrogen-bond acceptors (Lipinski definition) is 7. The molecule has 29 heavy (non-hydrogen) atoms. The molecule has 2 N–H and O–H groups in total. The highest BCUT2D eigenvalue weighted by molar-refractivity contribution is 5.81. The zero-order valence-corrected chi connectivity index (χ0v) is 16.8. The van der Waals surface area contributed by atoms with Crippen LogP contribution < -0.4 is 20.5 Å². The van der Waals surface area contributed by atoms with Gasteiger partial charge in [0.25, 0.3) is 5.56 Å². The summed E-state index contributed by atoms with van der Waals surface area (Å²) in [6.07, 6.45) is 1.58. The molecule has 0 bridgehead atoms. The molecule has 1 heterocycles. The molecule has 0 aliphatic carbocycles. The fourth-order valence-electron chi connectivity index (χ4n) is 2.61. The molecule has 0 aliphatic rings. The molecule has 0 radical (unpaired) electrons. The maximum Gasteiger partial charge on any atom is 0.274 e. The van der Waals surface area contributed by atoms with E-state index in [4.69, 9.17) is 9.47 Å². The standard InChI is InChI=1S/C21H23N5O3/c1-13-5-6-14(2)17(9-13)12-29-18-8-7-16(10-19(18)28-4)11-22-25-21-23-20(27)15(3)24-26-21/h5-11H,12H2,1-4H3,(H2,23,25,26,27)/b22-11+. The molecule has 1 aromatic heterocycles. The van der Waals surface area contributed by atoms with Crippen molar-refractivity contribution in [2.75, 3.05) is 12.5 Å². The first-order chi connectivity index (χ1) is 14.0. The Kier molecular flexibility index (Phi) is 6.23. The highest BCUT2D eigenvalue weighted by atomic mass is 16.5. The molecule has 0 amide bonds. The molecule has 0 aliphatic heterocycles. The van der Waals surface area contributed by atoms with Crippen LogP contribution in [-0.4, -0.2) is 28.5 Å². The minimum atomic E-state index is -0.315. The van der Waals surface area contributed by atoms with Crippen molar-refractivity contribution >= 4 is 12.2 Å². The van der Waals surface area contributed by atoms with E-state index in [1.54, 1.807) is 20.2 Å². The lowest BCUT2D eigenvalue weighted by Gasteiger charge is -2.13. The summed E-state index contributed by atoms with van der Waals surface area (Å²) in [7, 11) is 1.59. The van der Waals surface area contributed by atoms with Crippen molar-refractivity contribution in [2.45, 2.75) is 27.4 Å². The Balaban J connectivity index is 1.68. The molecule has 0 saturated carbocycles. The summed E-state index contributed by atoms with van der Waals surface area (Å²) < 4.78 is 11.4. The summed E-state index contributed by atoms with van der Waals surface area (Å²) in [5.41, 5.74) is 6.92. The minimum Gasteiger partial charge on any atom is -0.493 e. The van der Waals surface area contributed by atoms with Gasteiger partial charge in [-0.25, -0.2) is 5.43 Å². The van der Waals surface area contributed by atoms with Crippen LogP contribution in [0.1, 0.15) is 27.9 Å². The molecule has 0 spiro atoms. The van der Waals surface area contributed by atoms with E-state index in [-0.39, 0.29) is 11.5 Å². The van der Waals surface area contributed by atoms with E-state index in [1.807, 2.05) is 18.2 Å². The van der Waals surface area contributed by atoms with Gasteiger partial charge in [-0.15, -0.1) is 10.2 Å². The molecule has 3 rings (SSSR count). The predicted molar refractivity (Wildman–Crippen MR) is 112 cm³/mol. The van der Waals surface area contributed by atoms with E-state index in [0.717, 1.165) is 11.1 Å². The number of aromatic nitrogens is 3. The molecule has 0 fully saturated rings. The van der Waals surface area contributed by atoms with Crippen LogP contribution in [0.4, 0.5) is 5.95 Å². The van der Waals surface area contributed by atoms with E-state index < -0.39 is 0 Å². The molecule has 3 aromatic rings. The van der Waals surface area contributed by atoms with Gasteiger partial charge in [0.1, 0.15) is 12.3 Å². The smallest absolute Gasteiger partial charge is 0.274 e. The first kappa shape index (κ1) is 20.1. The second-order valence-electron chi connectivity index (χ2n) is 6.59. The molecular weight excluding hydrogens is 370 g/mol. The number of nitrogens with one attached hydrogen (secondary N) is 2. The highest BCUT2D eigenvalue weighted by Crippen LogP contribution is 2.28. The molecule has 0 atom stereocenters. The highest BCUT2D eigenvalue weighted by Gasteiger charge is 2.07. The number of ether oxygens (including phenoxy) is 2. The number of rotatable bonds is 7. The van der Waals surface area contributed by atoms with Crippen LogP contribution in [0.2, 0.25) is 0 Å². The van der Waals surface area contributed by atoms with Crippen molar-refractivity contribution in [1.82, 2.24) is 15.2 Å². The maximum atomic E-state index is 11.5. The van der Waals surface area contributed by atoms with Crippen LogP contribution in [0.3, 0.4) is 0 Å². The number of nitrogens with zero attached hydrogens (tertiary/aromatic N) is 3. The van der Waals surface area contributed by atoms with Gasteiger partial charge >= 0.3 is 0 Å². The van der Waals surface area contributed by atoms with Gasteiger partial charge in [0.05, 0.1) is 13.3 Å². The van der Waals surface area contributed by atoms with Crippen LogP contribution in [0.25, 0.3) is 0 Å². The summed E-state index contributed by atoms with van der Waals surface area (Å²) in [6, 6.07) is 11.8. The lowest BCUT2D eigenvalue weighted by molar-refractivity contribution is 0.284. The molecule has 2 aromatic carbocycles. The Morgan fingerprint density at radius 2 is 1.93 bits per heavy atom. The van der Waals surface area contributed by atoms with Crippen LogP contribution in [0.5, 0.6) is 11.5 Å². The molecule has 8 heteroatoms. The Morgan fingerprint density at radius 1 is 1.10 bits per heavy atom. The summed E-state index contributed by atoms with van der Waals surface area (Å²) >= 11 is 0. The fraction of sp³-hybridized carbons (Fsp3) is 0.238. The Hall–Kier alpha value is -3.68. The topological polar surface area (TPSA) is 101 Å². The molecule has 8 nitrogen and oxygen atoms in total. The molecular formula is C21H23N5O3. The maximum absolute atomic E-state index is 11.5. The van der Waals surface area contributed by atoms with Gasteiger partial charge in [0, 0.05) is 0 Å². The van der Waals surface area contributed by atoms with E-state index in [2.05, 4.69) is 57.8 Å². The van der Waals surface area contributed by atoms with Gasteiger partial charge < -0.3 is 9.47 Å². The van der Waals surface area contributed by atoms with Crippen LogP contribution in [0, 0.1) is 20.8 Å². The predicted octanol–water partition coefficient (Wildman–Crippen LogP) is 3.12. The van der Waals surface area contributed by atoms with Crippen LogP contribution >= 0.6 is 0 Å². The van der Waals surface area contributed by atoms with Crippen molar-refractivity contribution < 1.29 is 9.47 Å². The van der Waals surface area contributed by atoms with E-state index in [1.165, 1.54) is 11.1 Å². The van der Waals surface area contributed by atoms with E-state index in [9.17, 15) is 4.79 Å². The van der Waals surface area contributed by atoms with Gasteiger partial charge in [-0.2, -0.15) is 5.10 Å². The number of aromatic amines is 1. The number of benzene rings is 2. The number of hydrazone groups is 1. The van der Waals surface area contributed by atoms with Crippen molar-refractivity contribution in [3.8, 4) is 11.5 Å². The summed E-state index contributed by atoms with van der Waals surface area (Å²) in [5.74, 6) is 1.41. The summed E-state index contributed by atoms with van der Waals surface area (Å²) in [6.45, 7) is 6.16. The lowest BCUT2D eigenvalue weighted by Crippen LogP contribution is -2.15. The summed E-state index contributed by atoms with van der Waals surface area (Å²) in [5, 5.41) is 11.6. The Morgan fingerprint density at radius 3 is 2.69 bits per heavy atom. The molecule has 0 saturated heterocycles. The zero-order chi connectivity index (χ0) is 20.8. The number of hydrogen-bond donors (Lipinski definition) is 2. The SMILES string of the molecule is COc1cc(/C=N/Nc2nnc(C)c(=O)[nH]2)ccc1OCc1cc(C)ccc1C. The normalized spacial score (nSPS) is 10.9. The van der Waals surface area contributed by atoms with Crippen LogP contribution in [0.15, 0.2) is 46.3 Å². The quantitative estimate of drug-likeness (QED) is 0.472. The van der Waals surface area contributed by atoms with Crippen molar-refractivity contribution in [3.05, 3.63) is 74.7 Å². The van der Waals surface area contributed by atoms with Gasteiger partial charge in [-0.05, 0) is 55.7 Å². The second kappa shape index (κ2) is 9.01. The molecule has 0 unspecified atom stereocenters. The number of H-pyrrole nitrogens is 1. The van der Waals surface area contributed by atoms with Gasteiger partial charge in [-0.1, -0.05) is 23.8 Å². The second-order valence-corrected chi connectivity index (χ2v) is 6.59. The third-order valence-corrected chi connectivity index (χ3v) is 4.32. The largest absolute Gasteiger partial charge is 0.493 e. The lowest BCUT2D eigenvalue weighted by atomic mass is 10.1. The third kappa shape index (κ3) is 5.19. The summed E-state index contributed by atoms with van der Waals surface area (Å²) in [4.78, 5) is 14.1. The van der Waals surface area contributed by atoms with Crippen molar-refractivity contribution in [3.63, 3.8) is 0 Å². The minimum absolute atomic E-state index is 0.164. The number of methoxy groups -OCH3 is 1. The average molecular weight is 393 g/mol. The number of anilines is 1. The average Bonchev–Trinajstić information content (AvgIpc) is 2.71. The number of aryl methyl sites for hydroxylation is 3. The molecule has 150 valence electrons. The first-order valence-corrected chi connectivity index (χ1v) is 9.06. The fourth-order valence-corrected chi connectivity index (χ4v) is 2.61. The van der Waals surface area contributed by atoms with E-state index >= 15 is 0 Å².